The van der Waals surface area contributed by atoms with Crippen LogP contribution in [-0.2, 0) is 0 Å². The van der Waals surface area contributed by atoms with Crippen LogP contribution in [0.15, 0.2) is 22.7 Å². The summed E-state index contributed by atoms with van der Waals surface area (Å²) in [6.07, 6.45) is 6.78. The van der Waals surface area contributed by atoms with Gasteiger partial charge >= 0.3 is 0 Å². The number of hydrogen-bond acceptors (Lipinski definition) is 2. The average molecular weight is 454 g/mol. The highest BCUT2D eigenvalue weighted by Crippen LogP contribution is 2.27. The van der Waals surface area contributed by atoms with Crippen LogP contribution in [0.4, 0.5) is 0 Å². The Labute approximate surface area is 140 Å². The van der Waals surface area contributed by atoms with Crippen LogP contribution >= 0.6 is 50.3 Å². The standard InChI is InChI=1S/C14H17BrINOS/c1-19-11-5-3-10(4-6-11)17-14(18)12-8-9(16)2-7-13(12)15/h2,7-8,10-11H,3-6H2,1H3,(H,17,18). The summed E-state index contributed by atoms with van der Waals surface area (Å²) in [5, 5.41) is 3.94. The zero-order chi connectivity index (χ0) is 13.8. The molecule has 5 heteroatoms. The molecule has 2 rings (SSSR count). The van der Waals surface area contributed by atoms with Crippen molar-refractivity contribution in [2.45, 2.75) is 37.0 Å². The fraction of sp³-hybridized carbons (Fsp3) is 0.500. The Bertz CT molecular complexity index is 461. The van der Waals surface area contributed by atoms with E-state index >= 15 is 0 Å². The summed E-state index contributed by atoms with van der Waals surface area (Å²) in [4.78, 5) is 12.3. The van der Waals surface area contributed by atoms with Crippen LogP contribution in [0.2, 0.25) is 0 Å². The summed E-state index contributed by atoms with van der Waals surface area (Å²) in [7, 11) is 0. The van der Waals surface area contributed by atoms with Crippen molar-refractivity contribution in [1.82, 2.24) is 5.32 Å². The predicted octanol–water partition coefficient (Wildman–Crippen LogP) is 4.46. The van der Waals surface area contributed by atoms with Crippen molar-refractivity contribution in [1.29, 1.82) is 0 Å². The first kappa shape index (κ1) is 15.6. The van der Waals surface area contributed by atoms with E-state index < -0.39 is 0 Å². The third-order valence-corrected chi connectivity index (χ3v) is 6.02. The lowest BCUT2D eigenvalue weighted by molar-refractivity contribution is 0.0927. The largest absolute Gasteiger partial charge is 0.349 e. The molecule has 1 amide bonds. The molecule has 1 aromatic carbocycles. The van der Waals surface area contributed by atoms with Gasteiger partial charge in [-0.25, -0.2) is 0 Å². The molecule has 19 heavy (non-hydrogen) atoms. The first-order valence-electron chi connectivity index (χ1n) is 6.39. The minimum atomic E-state index is 0.0398. The Morgan fingerprint density at radius 1 is 1.37 bits per heavy atom. The van der Waals surface area contributed by atoms with Crippen LogP contribution in [0.5, 0.6) is 0 Å². The van der Waals surface area contributed by atoms with Gasteiger partial charge in [0.15, 0.2) is 0 Å². The maximum atomic E-state index is 12.3. The topological polar surface area (TPSA) is 29.1 Å². The van der Waals surface area contributed by atoms with E-state index in [4.69, 9.17) is 0 Å². The summed E-state index contributed by atoms with van der Waals surface area (Å²) in [5.74, 6) is 0.0398. The van der Waals surface area contributed by atoms with Crippen LogP contribution in [0.25, 0.3) is 0 Å². The third-order valence-electron chi connectivity index (χ3n) is 3.52. The molecule has 0 bridgehead atoms. The summed E-state index contributed by atoms with van der Waals surface area (Å²) >= 11 is 7.63. The number of hydrogen-bond donors (Lipinski definition) is 1. The highest BCUT2D eigenvalue weighted by Gasteiger charge is 2.22. The van der Waals surface area contributed by atoms with Crippen molar-refractivity contribution < 1.29 is 4.79 Å². The normalized spacial score (nSPS) is 23.1. The van der Waals surface area contributed by atoms with Gasteiger partial charge in [0.2, 0.25) is 0 Å². The van der Waals surface area contributed by atoms with Crippen LogP contribution < -0.4 is 5.32 Å². The Kier molecular flexibility index (Phi) is 6.02. The molecule has 0 atom stereocenters. The Hall–Kier alpha value is 0.250. The first-order chi connectivity index (χ1) is 9.10. The van der Waals surface area contributed by atoms with Gasteiger partial charge in [-0.2, -0.15) is 11.8 Å². The maximum absolute atomic E-state index is 12.3. The maximum Gasteiger partial charge on any atom is 0.252 e. The number of halogens is 2. The number of rotatable bonds is 3. The molecule has 0 aromatic heterocycles. The van der Waals surface area contributed by atoms with Crippen LogP contribution in [0, 0.1) is 3.57 Å². The van der Waals surface area contributed by atoms with Gasteiger partial charge in [-0.05, 0) is 88.7 Å². The van der Waals surface area contributed by atoms with Gasteiger partial charge in [-0.15, -0.1) is 0 Å². The van der Waals surface area contributed by atoms with Gasteiger partial charge < -0.3 is 5.32 Å². The fourth-order valence-corrected chi connectivity index (χ4v) is 4.04. The van der Waals surface area contributed by atoms with Crippen LogP contribution in [0.3, 0.4) is 0 Å². The lowest BCUT2D eigenvalue weighted by Gasteiger charge is -2.28. The molecule has 2 nitrogen and oxygen atoms in total. The number of carbonyl (C=O) groups excluding carboxylic acids is 1. The zero-order valence-electron chi connectivity index (χ0n) is 10.8. The summed E-state index contributed by atoms with van der Waals surface area (Å²) in [6, 6.07) is 6.18. The fourth-order valence-electron chi connectivity index (χ4n) is 2.38. The third kappa shape index (κ3) is 4.36. The van der Waals surface area contributed by atoms with Gasteiger partial charge in [0.05, 0.1) is 5.56 Å². The van der Waals surface area contributed by atoms with Crippen molar-refractivity contribution in [3.8, 4) is 0 Å². The lowest BCUT2D eigenvalue weighted by atomic mass is 9.94. The second kappa shape index (κ2) is 7.31. The SMILES string of the molecule is CSC1CCC(NC(=O)c2cc(I)ccc2Br)CC1. The molecule has 1 aliphatic rings. The van der Waals surface area contributed by atoms with E-state index in [-0.39, 0.29) is 5.91 Å². The van der Waals surface area contributed by atoms with Crippen LogP contribution in [-0.4, -0.2) is 23.5 Å². The highest BCUT2D eigenvalue weighted by molar-refractivity contribution is 14.1. The molecule has 0 heterocycles. The van der Waals surface area contributed by atoms with E-state index in [1.165, 1.54) is 12.8 Å². The number of thioether (sulfide) groups is 1. The van der Waals surface area contributed by atoms with Gasteiger partial charge in [0, 0.05) is 19.3 Å². The minimum Gasteiger partial charge on any atom is -0.349 e. The van der Waals surface area contributed by atoms with Crippen molar-refractivity contribution in [3.63, 3.8) is 0 Å². The molecule has 0 unspecified atom stereocenters. The number of benzene rings is 1. The van der Waals surface area contributed by atoms with Crippen molar-refractivity contribution >= 4 is 56.2 Å². The molecule has 0 radical (unpaired) electrons. The Morgan fingerprint density at radius 3 is 2.68 bits per heavy atom. The summed E-state index contributed by atoms with van der Waals surface area (Å²) in [6.45, 7) is 0. The molecule has 1 aliphatic carbocycles. The average Bonchev–Trinajstić information content (AvgIpc) is 2.42. The van der Waals surface area contributed by atoms with Gasteiger partial charge in [0.1, 0.15) is 0 Å². The smallest absolute Gasteiger partial charge is 0.252 e. The molecule has 1 aromatic rings. The van der Waals surface area contributed by atoms with E-state index in [0.717, 1.165) is 31.7 Å². The van der Waals surface area contributed by atoms with Gasteiger partial charge in [0.25, 0.3) is 5.91 Å². The molecule has 104 valence electrons. The zero-order valence-corrected chi connectivity index (χ0v) is 15.3. The van der Waals surface area contributed by atoms with Crippen molar-refractivity contribution in [2.75, 3.05) is 6.26 Å². The number of nitrogens with one attached hydrogen (secondary N) is 1. The van der Waals surface area contributed by atoms with Gasteiger partial charge in [-0.1, -0.05) is 0 Å². The highest BCUT2D eigenvalue weighted by atomic mass is 127. The predicted molar refractivity (Wildman–Crippen MR) is 93.9 cm³/mol. The van der Waals surface area contributed by atoms with E-state index in [1.54, 1.807) is 0 Å². The van der Waals surface area contributed by atoms with E-state index in [0.29, 0.717) is 6.04 Å². The molecule has 0 spiro atoms. The molecular weight excluding hydrogens is 437 g/mol. The molecule has 0 aliphatic heterocycles. The number of amides is 1. The Balaban J connectivity index is 1.96. The van der Waals surface area contributed by atoms with Crippen molar-refractivity contribution in [3.05, 3.63) is 31.8 Å². The molecule has 1 N–H and O–H groups in total. The summed E-state index contributed by atoms with van der Waals surface area (Å²) in [5.41, 5.74) is 0.735. The quantitative estimate of drug-likeness (QED) is 0.684. The molecular formula is C14H17BrINOS. The summed E-state index contributed by atoms with van der Waals surface area (Å²) < 4.78 is 1.94. The second-order valence-corrected chi connectivity index (χ2v) is 8.05. The van der Waals surface area contributed by atoms with Crippen LogP contribution in [0.1, 0.15) is 36.0 Å². The molecule has 1 fully saturated rings. The monoisotopic (exact) mass is 453 g/mol. The molecule has 1 saturated carbocycles. The molecule has 0 saturated heterocycles. The number of carbonyl (C=O) groups is 1. The van der Waals surface area contributed by atoms with Gasteiger partial charge in [-0.3, -0.25) is 4.79 Å². The lowest BCUT2D eigenvalue weighted by Crippen LogP contribution is -2.38. The van der Waals surface area contributed by atoms with E-state index in [1.807, 2.05) is 30.0 Å². The van der Waals surface area contributed by atoms with E-state index in [9.17, 15) is 4.79 Å². The van der Waals surface area contributed by atoms with Crippen molar-refractivity contribution in [2.24, 2.45) is 0 Å². The second-order valence-electron chi connectivity index (χ2n) is 4.81. The minimum absolute atomic E-state index is 0.0398. The van der Waals surface area contributed by atoms with E-state index in [2.05, 4.69) is 50.1 Å². The first-order valence-corrected chi connectivity index (χ1v) is 9.55. The Morgan fingerprint density at radius 2 is 2.05 bits per heavy atom.